The molecule has 178 valence electrons. The van der Waals surface area contributed by atoms with Gasteiger partial charge in [-0.25, -0.2) is 4.99 Å². The number of allylic oxidation sites excluding steroid dienone is 1. The van der Waals surface area contributed by atoms with Gasteiger partial charge < -0.3 is 15.1 Å². The highest BCUT2D eigenvalue weighted by Gasteiger charge is 2.41. The number of alkyl halides is 3. The first-order valence-electron chi connectivity index (χ1n) is 10.6. The second-order valence-corrected chi connectivity index (χ2v) is 9.10. The van der Waals surface area contributed by atoms with Gasteiger partial charge in [0.05, 0.1) is 29.3 Å². The van der Waals surface area contributed by atoms with Crippen molar-refractivity contribution < 1.29 is 22.8 Å². The number of carbonyl (C=O) groups excluding carboxylic acids is 2. The molecule has 1 aromatic carbocycles. The Labute approximate surface area is 195 Å². The number of nitrogens with one attached hydrogen (secondary N) is 1. The molecule has 2 atom stereocenters. The van der Waals surface area contributed by atoms with Crippen LogP contribution in [0, 0.1) is 0 Å². The number of rotatable bonds is 6. The molecule has 1 N–H and O–H groups in total. The Morgan fingerprint density at radius 1 is 1.24 bits per heavy atom. The fourth-order valence-corrected chi connectivity index (χ4v) is 4.61. The Morgan fingerprint density at radius 2 is 1.88 bits per heavy atom. The van der Waals surface area contributed by atoms with Crippen molar-refractivity contribution in [1.82, 2.24) is 15.1 Å². The highest BCUT2D eigenvalue weighted by Crippen LogP contribution is 2.45. The summed E-state index contributed by atoms with van der Waals surface area (Å²) in [5.74, 6) is -0.462. The maximum atomic E-state index is 13.1. The minimum absolute atomic E-state index is 0.0142. The van der Waals surface area contributed by atoms with Crippen LogP contribution in [0.15, 0.2) is 51.6 Å². The summed E-state index contributed by atoms with van der Waals surface area (Å²) >= 11 is 1.33. The first kappa shape index (κ1) is 24.9. The van der Waals surface area contributed by atoms with E-state index in [0.29, 0.717) is 27.7 Å². The van der Waals surface area contributed by atoms with Crippen LogP contribution in [-0.4, -0.2) is 46.9 Å². The van der Waals surface area contributed by atoms with Crippen molar-refractivity contribution in [2.24, 2.45) is 4.99 Å². The average molecular weight is 481 g/mol. The normalized spacial score (nSPS) is 19.0. The van der Waals surface area contributed by atoms with Crippen molar-refractivity contribution in [3.63, 3.8) is 0 Å². The van der Waals surface area contributed by atoms with Gasteiger partial charge in [0.2, 0.25) is 5.91 Å². The molecule has 0 radical (unpaired) electrons. The van der Waals surface area contributed by atoms with Crippen LogP contribution in [0.4, 0.5) is 13.2 Å². The molecule has 0 saturated heterocycles. The molecule has 0 aliphatic carbocycles. The lowest BCUT2D eigenvalue weighted by molar-refractivity contribution is -0.137. The van der Waals surface area contributed by atoms with E-state index in [9.17, 15) is 22.8 Å². The zero-order valence-corrected chi connectivity index (χ0v) is 20.0. The molecule has 0 unspecified atom stereocenters. The van der Waals surface area contributed by atoms with E-state index in [1.165, 1.54) is 28.8 Å². The van der Waals surface area contributed by atoms with Gasteiger partial charge in [-0.1, -0.05) is 30.8 Å². The first-order chi connectivity index (χ1) is 15.4. The van der Waals surface area contributed by atoms with Crippen molar-refractivity contribution in [2.75, 3.05) is 14.1 Å². The first-order valence-corrected chi connectivity index (χ1v) is 11.4. The smallest absolute Gasteiger partial charge is 0.353 e. The van der Waals surface area contributed by atoms with Crippen LogP contribution in [0.25, 0.3) is 0 Å². The van der Waals surface area contributed by atoms with Crippen molar-refractivity contribution in [2.45, 2.75) is 51.9 Å². The van der Waals surface area contributed by atoms with E-state index in [1.807, 2.05) is 19.3 Å². The zero-order chi connectivity index (χ0) is 24.5. The molecule has 10 heteroatoms. The summed E-state index contributed by atoms with van der Waals surface area (Å²) in [7, 11) is 3.22. The quantitative estimate of drug-likeness (QED) is 0.643. The molecule has 6 nitrogen and oxygen atoms in total. The third kappa shape index (κ3) is 5.26. The number of likely N-dealkylation sites (N-methyl/N-ethyl adjacent to an activating group) is 1. The molecule has 0 spiro atoms. The van der Waals surface area contributed by atoms with Crippen molar-refractivity contribution in [3.05, 3.63) is 57.8 Å². The third-order valence-electron chi connectivity index (χ3n) is 5.55. The second-order valence-electron chi connectivity index (χ2n) is 8.27. The highest BCUT2D eigenvalue weighted by molar-refractivity contribution is 8.16. The van der Waals surface area contributed by atoms with Crippen molar-refractivity contribution in [1.29, 1.82) is 0 Å². The lowest BCUT2D eigenvalue weighted by atomic mass is 9.92. The van der Waals surface area contributed by atoms with E-state index in [0.717, 1.165) is 18.6 Å². The van der Waals surface area contributed by atoms with Crippen LogP contribution in [0.5, 0.6) is 0 Å². The monoisotopic (exact) mass is 480 g/mol. The number of thioether (sulfide) groups is 1. The summed E-state index contributed by atoms with van der Waals surface area (Å²) < 4.78 is 39.4. The fourth-order valence-electron chi connectivity index (χ4n) is 3.65. The summed E-state index contributed by atoms with van der Waals surface area (Å²) in [5, 5.41) is 5.31. The maximum absolute atomic E-state index is 13.1. The van der Waals surface area contributed by atoms with E-state index in [2.05, 4.69) is 10.3 Å². The van der Waals surface area contributed by atoms with Crippen LogP contribution >= 0.6 is 11.8 Å². The molecular weight excluding hydrogens is 453 g/mol. The number of fused-ring (bicyclic) bond motifs is 1. The molecule has 2 amide bonds. The van der Waals surface area contributed by atoms with Crippen LogP contribution in [0.1, 0.15) is 50.8 Å². The molecule has 33 heavy (non-hydrogen) atoms. The Kier molecular flexibility index (Phi) is 7.26. The summed E-state index contributed by atoms with van der Waals surface area (Å²) in [6.45, 7) is 5.60. The number of hydrogen-bond acceptors (Lipinski definition) is 5. The van der Waals surface area contributed by atoms with E-state index >= 15 is 0 Å². The topological polar surface area (TPSA) is 65.0 Å². The summed E-state index contributed by atoms with van der Waals surface area (Å²) in [4.78, 5) is 33.5. The highest BCUT2D eigenvalue weighted by atomic mass is 32.2. The molecule has 0 bridgehead atoms. The van der Waals surface area contributed by atoms with E-state index < -0.39 is 17.8 Å². The number of amides is 2. The van der Waals surface area contributed by atoms with Crippen LogP contribution in [0.3, 0.4) is 0 Å². The van der Waals surface area contributed by atoms with Crippen LogP contribution in [0.2, 0.25) is 0 Å². The number of aliphatic imine (C=N–C) groups is 1. The standard InChI is InChI=1S/C23H27F3N4O2S/c1-6-13(2)27-18(31)11-17-12-33-22-28-14(3)19(21(32)29(4)5)20(30(17)22)15-7-9-16(10-8-15)23(24,25)26/h7-10,12-13,20H,6,11H2,1-5H3,(H,27,31)/t13-,20-/m1/s1. The number of halogens is 3. The molecule has 1 aromatic rings. The van der Waals surface area contributed by atoms with Gasteiger partial charge in [0, 0.05) is 25.8 Å². The average Bonchev–Trinajstić information content (AvgIpc) is 3.13. The lowest BCUT2D eigenvalue weighted by Gasteiger charge is -2.37. The van der Waals surface area contributed by atoms with Gasteiger partial charge >= 0.3 is 6.18 Å². The Morgan fingerprint density at radius 3 is 2.42 bits per heavy atom. The third-order valence-corrected chi connectivity index (χ3v) is 6.44. The van der Waals surface area contributed by atoms with Gasteiger partial charge in [-0.3, -0.25) is 9.59 Å². The molecule has 0 fully saturated rings. The zero-order valence-electron chi connectivity index (χ0n) is 19.2. The maximum Gasteiger partial charge on any atom is 0.416 e. The fraction of sp³-hybridized carbons (Fsp3) is 0.435. The predicted molar refractivity (Wildman–Crippen MR) is 123 cm³/mol. The predicted octanol–water partition coefficient (Wildman–Crippen LogP) is 4.67. The molecule has 2 aliphatic rings. The number of carbonyl (C=O) groups is 2. The molecule has 2 heterocycles. The Hall–Kier alpha value is -2.75. The van der Waals surface area contributed by atoms with E-state index in [4.69, 9.17) is 0 Å². The number of nitrogens with zero attached hydrogens (tertiary/aromatic N) is 3. The molecule has 0 aromatic heterocycles. The number of amidine groups is 1. The van der Waals surface area contributed by atoms with E-state index in [1.54, 1.807) is 25.9 Å². The molecule has 0 saturated carbocycles. The second kappa shape index (κ2) is 9.62. The van der Waals surface area contributed by atoms with Gasteiger partial charge in [0.25, 0.3) is 5.91 Å². The largest absolute Gasteiger partial charge is 0.416 e. The van der Waals surface area contributed by atoms with Crippen LogP contribution in [-0.2, 0) is 15.8 Å². The number of benzene rings is 1. The van der Waals surface area contributed by atoms with Crippen molar-refractivity contribution in [3.8, 4) is 0 Å². The Balaban J connectivity index is 2.04. The number of hydrogen-bond donors (Lipinski definition) is 1. The summed E-state index contributed by atoms with van der Waals surface area (Å²) in [6, 6.07) is 4.10. The molecular formula is C23H27F3N4O2S. The van der Waals surface area contributed by atoms with Gasteiger partial charge in [-0.2, -0.15) is 13.2 Å². The minimum atomic E-state index is -4.46. The summed E-state index contributed by atoms with van der Waals surface area (Å²) in [6.07, 6.45) is -3.61. The summed E-state index contributed by atoms with van der Waals surface area (Å²) in [5.41, 5.74) is 1.24. The lowest BCUT2D eigenvalue weighted by Crippen LogP contribution is -2.40. The van der Waals surface area contributed by atoms with Gasteiger partial charge in [0.15, 0.2) is 5.17 Å². The van der Waals surface area contributed by atoms with Gasteiger partial charge in [-0.15, -0.1) is 0 Å². The molecule has 3 rings (SSSR count). The SMILES string of the molecule is CC[C@@H](C)NC(=O)CC1=CSC2=NC(C)=C(C(=O)N(C)C)[C@@H](c3ccc(C(F)(F)F)cc3)N12. The molecule has 2 aliphatic heterocycles. The van der Waals surface area contributed by atoms with Gasteiger partial charge in [-0.05, 0) is 43.4 Å². The minimum Gasteiger partial charge on any atom is -0.353 e. The van der Waals surface area contributed by atoms with Gasteiger partial charge in [0.1, 0.15) is 0 Å². The Bertz CT molecular complexity index is 1030. The van der Waals surface area contributed by atoms with Crippen LogP contribution < -0.4 is 5.32 Å². The van der Waals surface area contributed by atoms with E-state index in [-0.39, 0.29) is 24.3 Å². The van der Waals surface area contributed by atoms with Crippen molar-refractivity contribution >= 4 is 28.7 Å².